The molecule has 0 radical (unpaired) electrons. The Balaban J connectivity index is 2.94. The van der Waals surface area contributed by atoms with Crippen molar-refractivity contribution in [3.05, 3.63) is 35.9 Å². The zero-order valence-electron chi connectivity index (χ0n) is 15.7. The summed E-state index contributed by atoms with van der Waals surface area (Å²) in [7, 11) is 0. The molecule has 2 atom stereocenters. The third-order valence-electron chi connectivity index (χ3n) is 3.49. The van der Waals surface area contributed by atoms with E-state index in [0.29, 0.717) is 6.42 Å². The van der Waals surface area contributed by atoms with Crippen LogP contribution in [-0.4, -0.2) is 28.8 Å². The minimum atomic E-state index is -1.61. The SMILES string of the molecule is CC(CC(C)(C)C(OC(=O)C(=O)O)c1ccccc1)OOC(C)(C)C. The van der Waals surface area contributed by atoms with Crippen molar-refractivity contribution in [3.63, 3.8) is 0 Å². The third kappa shape index (κ3) is 7.23. The fourth-order valence-corrected chi connectivity index (χ4v) is 2.57. The quantitative estimate of drug-likeness (QED) is 0.347. The summed E-state index contributed by atoms with van der Waals surface area (Å²) >= 11 is 0. The predicted octanol–water partition coefficient (Wildman–Crippen LogP) is 3.91. The molecule has 140 valence electrons. The summed E-state index contributed by atoms with van der Waals surface area (Å²) in [6.07, 6.45) is -0.503. The number of rotatable bonds is 7. The summed E-state index contributed by atoms with van der Waals surface area (Å²) in [5, 5.41) is 8.88. The van der Waals surface area contributed by atoms with Crippen LogP contribution in [0.3, 0.4) is 0 Å². The zero-order chi connectivity index (χ0) is 19.3. The first-order chi connectivity index (χ1) is 11.4. The molecular weight excluding hydrogens is 324 g/mol. The highest BCUT2D eigenvalue weighted by atomic mass is 17.2. The molecule has 0 bridgehead atoms. The van der Waals surface area contributed by atoms with Gasteiger partial charge in [-0.15, -0.1) is 0 Å². The van der Waals surface area contributed by atoms with E-state index < -0.39 is 29.1 Å². The van der Waals surface area contributed by atoms with Crippen molar-refractivity contribution in [2.24, 2.45) is 5.41 Å². The van der Waals surface area contributed by atoms with Crippen molar-refractivity contribution >= 4 is 11.9 Å². The number of hydrogen-bond donors (Lipinski definition) is 1. The number of carboxylic acids is 1. The first kappa shape index (κ1) is 21.1. The van der Waals surface area contributed by atoms with Crippen LogP contribution in [0.2, 0.25) is 0 Å². The lowest BCUT2D eigenvalue weighted by molar-refractivity contribution is -0.373. The van der Waals surface area contributed by atoms with Crippen molar-refractivity contribution in [3.8, 4) is 0 Å². The second kappa shape index (κ2) is 8.45. The van der Waals surface area contributed by atoms with Crippen LogP contribution < -0.4 is 0 Å². The van der Waals surface area contributed by atoms with E-state index in [1.165, 1.54) is 0 Å². The molecule has 0 saturated carbocycles. The fraction of sp³-hybridized carbons (Fsp3) is 0.579. The van der Waals surface area contributed by atoms with Gasteiger partial charge >= 0.3 is 11.9 Å². The molecule has 0 spiro atoms. The normalized spacial score (nSPS) is 14.6. The molecule has 0 amide bonds. The van der Waals surface area contributed by atoms with E-state index in [1.807, 2.05) is 59.7 Å². The Bertz CT molecular complexity index is 573. The molecule has 6 nitrogen and oxygen atoms in total. The summed E-state index contributed by atoms with van der Waals surface area (Å²) in [6.45, 7) is 11.3. The van der Waals surface area contributed by atoms with Gasteiger partial charge in [-0.05, 0) is 39.7 Å². The smallest absolute Gasteiger partial charge is 0.417 e. The van der Waals surface area contributed by atoms with Crippen molar-refractivity contribution in [2.45, 2.75) is 65.8 Å². The molecule has 1 N–H and O–H groups in total. The molecule has 0 fully saturated rings. The summed E-state index contributed by atoms with van der Waals surface area (Å²) in [5.41, 5.74) is -0.286. The fourth-order valence-electron chi connectivity index (χ4n) is 2.57. The van der Waals surface area contributed by atoms with E-state index in [0.717, 1.165) is 5.56 Å². The second-order valence-corrected chi connectivity index (χ2v) is 7.80. The van der Waals surface area contributed by atoms with Gasteiger partial charge in [0.15, 0.2) is 0 Å². The van der Waals surface area contributed by atoms with Crippen LogP contribution in [0.4, 0.5) is 0 Å². The largest absolute Gasteiger partial charge is 0.473 e. The molecule has 0 aliphatic carbocycles. The molecule has 0 aromatic heterocycles. The molecule has 0 aliphatic heterocycles. The Labute approximate surface area is 149 Å². The molecule has 0 saturated heterocycles. The Morgan fingerprint density at radius 3 is 2.12 bits per heavy atom. The maximum absolute atomic E-state index is 11.6. The van der Waals surface area contributed by atoms with Crippen molar-refractivity contribution in [1.82, 2.24) is 0 Å². The van der Waals surface area contributed by atoms with Gasteiger partial charge in [0.25, 0.3) is 0 Å². The van der Waals surface area contributed by atoms with Crippen LogP contribution in [0.25, 0.3) is 0 Å². The number of carbonyl (C=O) groups excluding carboxylic acids is 1. The first-order valence-corrected chi connectivity index (χ1v) is 8.26. The van der Waals surface area contributed by atoms with Gasteiger partial charge in [0.1, 0.15) is 6.10 Å². The monoisotopic (exact) mass is 352 g/mol. The number of hydrogen-bond acceptors (Lipinski definition) is 5. The highest BCUT2D eigenvalue weighted by Gasteiger charge is 2.37. The second-order valence-electron chi connectivity index (χ2n) is 7.80. The van der Waals surface area contributed by atoms with Crippen LogP contribution in [-0.2, 0) is 24.1 Å². The van der Waals surface area contributed by atoms with E-state index in [-0.39, 0.29) is 6.10 Å². The van der Waals surface area contributed by atoms with Gasteiger partial charge in [0.05, 0.1) is 11.7 Å². The van der Waals surface area contributed by atoms with Gasteiger partial charge in [-0.2, -0.15) is 0 Å². The molecule has 1 aromatic rings. The lowest BCUT2D eigenvalue weighted by Crippen LogP contribution is -2.33. The molecule has 25 heavy (non-hydrogen) atoms. The predicted molar refractivity (Wildman–Crippen MR) is 92.7 cm³/mol. The number of carbonyl (C=O) groups is 2. The average molecular weight is 352 g/mol. The Morgan fingerprint density at radius 1 is 1.08 bits per heavy atom. The summed E-state index contributed by atoms with van der Waals surface area (Å²) < 4.78 is 5.27. The topological polar surface area (TPSA) is 82.1 Å². The van der Waals surface area contributed by atoms with Gasteiger partial charge in [0.2, 0.25) is 0 Å². The molecule has 2 unspecified atom stereocenters. The Kier molecular flexibility index (Phi) is 7.14. The number of esters is 1. The van der Waals surface area contributed by atoms with Gasteiger partial charge in [-0.25, -0.2) is 19.4 Å². The third-order valence-corrected chi connectivity index (χ3v) is 3.49. The van der Waals surface area contributed by atoms with Crippen LogP contribution >= 0.6 is 0 Å². The van der Waals surface area contributed by atoms with E-state index in [2.05, 4.69) is 0 Å². The van der Waals surface area contributed by atoms with E-state index >= 15 is 0 Å². The van der Waals surface area contributed by atoms with Crippen molar-refractivity contribution in [1.29, 1.82) is 0 Å². The van der Waals surface area contributed by atoms with Gasteiger partial charge in [-0.1, -0.05) is 44.2 Å². The summed E-state index contributed by atoms with van der Waals surface area (Å²) in [4.78, 5) is 33.3. The zero-order valence-corrected chi connectivity index (χ0v) is 15.7. The number of carboxylic acid groups (broad SMARTS) is 1. The van der Waals surface area contributed by atoms with Crippen LogP contribution in [0.5, 0.6) is 0 Å². The number of aliphatic carboxylic acids is 1. The molecule has 6 heteroatoms. The van der Waals surface area contributed by atoms with Gasteiger partial charge < -0.3 is 9.84 Å². The van der Waals surface area contributed by atoms with Crippen molar-refractivity contribution in [2.75, 3.05) is 0 Å². The lowest BCUT2D eigenvalue weighted by atomic mass is 9.78. The van der Waals surface area contributed by atoms with Gasteiger partial charge in [-0.3, -0.25) is 0 Å². The van der Waals surface area contributed by atoms with E-state index in [4.69, 9.17) is 19.6 Å². The van der Waals surface area contributed by atoms with Gasteiger partial charge in [0, 0.05) is 5.41 Å². The first-order valence-electron chi connectivity index (χ1n) is 8.26. The number of ether oxygens (including phenoxy) is 1. The number of benzene rings is 1. The molecule has 1 rings (SSSR count). The molecule has 0 heterocycles. The maximum Gasteiger partial charge on any atom is 0.417 e. The van der Waals surface area contributed by atoms with E-state index in [9.17, 15) is 9.59 Å². The minimum absolute atomic E-state index is 0.274. The minimum Gasteiger partial charge on any atom is -0.473 e. The summed E-state index contributed by atoms with van der Waals surface area (Å²) in [6, 6.07) is 9.08. The summed E-state index contributed by atoms with van der Waals surface area (Å²) in [5.74, 6) is -2.89. The molecular formula is C19H28O6. The maximum atomic E-state index is 11.6. The van der Waals surface area contributed by atoms with Crippen LogP contribution in [0.1, 0.15) is 59.6 Å². The van der Waals surface area contributed by atoms with Crippen LogP contribution in [0, 0.1) is 5.41 Å². The highest BCUT2D eigenvalue weighted by Crippen LogP contribution is 2.41. The average Bonchev–Trinajstić information content (AvgIpc) is 2.49. The van der Waals surface area contributed by atoms with Crippen molar-refractivity contribution < 1.29 is 29.2 Å². The Hall–Kier alpha value is -1.92. The lowest BCUT2D eigenvalue weighted by Gasteiger charge is -2.35. The standard InChI is InChI=1S/C19H28O6/c1-13(24-25-18(2,3)4)12-19(5,6)15(23-17(22)16(20)21)14-10-8-7-9-11-14/h7-11,13,15H,12H2,1-6H3,(H,20,21). The Morgan fingerprint density at radius 2 is 1.64 bits per heavy atom. The van der Waals surface area contributed by atoms with E-state index in [1.54, 1.807) is 12.1 Å². The molecule has 0 aliphatic rings. The highest BCUT2D eigenvalue weighted by molar-refractivity contribution is 6.28. The molecule has 1 aromatic carbocycles. The van der Waals surface area contributed by atoms with Crippen LogP contribution in [0.15, 0.2) is 30.3 Å².